The first kappa shape index (κ1) is 12.1. The van der Waals surface area contributed by atoms with Crippen LogP contribution in [0.25, 0.3) is 0 Å². The number of aliphatic hydroxyl groups is 1. The highest BCUT2D eigenvalue weighted by molar-refractivity contribution is 5.00. The highest BCUT2D eigenvalue weighted by Gasteiger charge is 2.31. The average molecular weight is 215 g/mol. The molecule has 0 bridgehead atoms. The number of ether oxygens (including phenoxy) is 1. The lowest BCUT2D eigenvalue weighted by Crippen LogP contribution is -2.24. The third-order valence-corrected chi connectivity index (χ3v) is 2.55. The Morgan fingerprint density at radius 2 is 2.33 bits per heavy atom. The highest BCUT2D eigenvalue weighted by atomic mass is 16.5. The Balaban J connectivity index is 2.92. The van der Waals surface area contributed by atoms with Gasteiger partial charge in [-0.05, 0) is 13.3 Å². The molecule has 15 heavy (non-hydrogen) atoms. The molecule has 0 saturated heterocycles. The zero-order valence-corrected chi connectivity index (χ0v) is 9.23. The third kappa shape index (κ3) is 2.34. The maximum absolute atomic E-state index is 8.84. The van der Waals surface area contributed by atoms with E-state index >= 15 is 0 Å². The summed E-state index contributed by atoms with van der Waals surface area (Å²) in [5.74, 6) is 0.677. The molecule has 1 aromatic rings. The van der Waals surface area contributed by atoms with Crippen LogP contribution >= 0.6 is 0 Å². The second-order valence-corrected chi connectivity index (χ2v) is 3.54. The molecule has 2 unspecified atom stereocenters. The highest BCUT2D eigenvalue weighted by Crippen LogP contribution is 2.26. The summed E-state index contributed by atoms with van der Waals surface area (Å²) < 4.78 is 10.4. The van der Waals surface area contributed by atoms with Crippen molar-refractivity contribution in [3.05, 3.63) is 11.7 Å². The Hall–Kier alpha value is -0.980. The molecule has 0 saturated carbocycles. The number of rotatable bonds is 5. The van der Waals surface area contributed by atoms with Crippen LogP contribution in [0.15, 0.2) is 4.52 Å². The van der Waals surface area contributed by atoms with Gasteiger partial charge in [0.25, 0.3) is 5.89 Å². The van der Waals surface area contributed by atoms with Crippen LogP contribution in [0.3, 0.4) is 0 Å². The maximum Gasteiger partial charge on any atom is 0.258 e. The van der Waals surface area contributed by atoms with Crippen molar-refractivity contribution in [1.29, 1.82) is 0 Å². The fraction of sp³-hybridized carbons (Fsp3) is 0.778. The van der Waals surface area contributed by atoms with E-state index in [0.29, 0.717) is 18.1 Å². The summed E-state index contributed by atoms with van der Waals surface area (Å²) >= 11 is 0. The molecule has 0 aliphatic carbocycles. The van der Waals surface area contributed by atoms with Crippen LogP contribution in [0.1, 0.15) is 38.0 Å². The molecule has 1 heterocycles. The quantitative estimate of drug-likeness (QED) is 0.735. The van der Waals surface area contributed by atoms with E-state index in [2.05, 4.69) is 10.1 Å². The number of nitrogens with zero attached hydrogens (tertiary/aromatic N) is 2. The van der Waals surface area contributed by atoms with Crippen LogP contribution in [0.2, 0.25) is 0 Å². The smallest absolute Gasteiger partial charge is 0.258 e. The lowest BCUT2D eigenvalue weighted by Gasteiger charge is -2.21. The van der Waals surface area contributed by atoms with E-state index in [1.807, 2.05) is 13.8 Å². The number of hydrogen-bond donors (Lipinski definition) is 2. The number of methoxy groups -OCH3 is 1. The summed E-state index contributed by atoms with van der Waals surface area (Å²) in [6.07, 6.45) is 0.708. The largest absolute Gasteiger partial charge is 0.394 e. The molecule has 1 rings (SSSR count). The minimum Gasteiger partial charge on any atom is -0.394 e. The van der Waals surface area contributed by atoms with Gasteiger partial charge in [0.2, 0.25) is 0 Å². The van der Waals surface area contributed by atoms with E-state index in [-0.39, 0.29) is 6.61 Å². The van der Waals surface area contributed by atoms with Crippen LogP contribution in [0.4, 0.5) is 0 Å². The zero-order chi connectivity index (χ0) is 11.5. The molecule has 6 nitrogen and oxygen atoms in total. The Morgan fingerprint density at radius 3 is 2.80 bits per heavy atom. The van der Waals surface area contributed by atoms with Gasteiger partial charge in [0.15, 0.2) is 5.82 Å². The molecule has 1 aromatic heterocycles. The summed E-state index contributed by atoms with van der Waals surface area (Å²) in [6.45, 7) is 3.60. The van der Waals surface area contributed by atoms with Gasteiger partial charge in [-0.2, -0.15) is 4.98 Å². The standard InChI is InChI=1S/C9H17N3O3/c1-4-9(2,14-3)8-11-7(12-15-8)6(10)5-13/h6,13H,4-5,10H2,1-3H3. The molecule has 0 aliphatic rings. The SMILES string of the molecule is CCC(C)(OC)c1nc(C(N)CO)no1. The van der Waals surface area contributed by atoms with Crippen molar-refractivity contribution in [2.75, 3.05) is 13.7 Å². The summed E-state index contributed by atoms with van der Waals surface area (Å²) in [5.41, 5.74) is 4.96. The van der Waals surface area contributed by atoms with Crippen molar-refractivity contribution in [1.82, 2.24) is 10.1 Å². The van der Waals surface area contributed by atoms with Crippen LogP contribution in [-0.2, 0) is 10.3 Å². The molecule has 2 atom stereocenters. The molecule has 0 spiro atoms. The maximum atomic E-state index is 8.84. The fourth-order valence-electron chi connectivity index (χ4n) is 1.06. The van der Waals surface area contributed by atoms with Gasteiger partial charge >= 0.3 is 0 Å². The van der Waals surface area contributed by atoms with Gasteiger partial charge in [-0.1, -0.05) is 12.1 Å². The Bertz CT molecular complexity index is 309. The molecule has 0 aromatic carbocycles. The van der Waals surface area contributed by atoms with E-state index in [0.717, 1.165) is 0 Å². The van der Waals surface area contributed by atoms with E-state index in [1.165, 1.54) is 0 Å². The number of hydrogen-bond acceptors (Lipinski definition) is 6. The van der Waals surface area contributed by atoms with E-state index < -0.39 is 11.6 Å². The Labute approximate surface area is 88.4 Å². The fourth-order valence-corrected chi connectivity index (χ4v) is 1.06. The molecule has 0 fully saturated rings. The molecular formula is C9H17N3O3. The molecule has 3 N–H and O–H groups in total. The van der Waals surface area contributed by atoms with Crippen molar-refractivity contribution in [2.45, 2.75) is 31.9 Å². The van der Waals surface area contributed by atoms with Gasteiger partial charge in [-0.3, -0.25) is 0 Å². The lowest BCUT2D eigenvalue weighted by atomic mass is 10.0. The third-order valence-electron chi connectivity index (χ3n) is 2.55. The predicted molar refractivity (Wildman–Crippen MR) is 53.0 cm³/mol. The number of aromatic nitrogens is 2. The van der Waals surface area contributed by atoms with Crippen molar-refractivity contribution >= 4 is 0 Å². The van der Waals surface area contributed by atoms with Gasteiger partial charge < -0.3 is 20.1 Å². The topological polar surface area (TPSA) is 94.4 Å². The Morgan fingerprint density at radius 1 is 1.67 bits per heavy atom. The lowest BCUT2D eigenvalue weighted by molar-refractivity contribution is -0.0272. The van der Waals surface area contributed by atoms with Crippen molar-refractivity contribution in [3.63, 3.8) is 0 Å². The summed E-state index contributed by atoms with van der Waals surface area (Å²) in [5, 5.41) is 12.5. The summed E-state index contributed by atoms with van der Waals surface area (Å²) in [4.78, 5) is 4.11. The normalized spacial score (nSPS) is 17.4. The second kappa shape index (κ2) is 4.69. The van der Waals surface area contributed by atoms with Crippen LogP contribution in [0.5, 0.6) is 0 Å². The van der Waals surface area contributed by atoms with Crippen molar-refractivity contribution in [2.24, 2.45) is 5.73 Å². The first-order valence-electron chi connectivity index (χ1n) is 4.83. The molecule has 0 radical (unpaired) electrons. The molecule has 86 valence electrons. The van der Waals surface area contributed by atoms with Crippen LogP contribution in [-0.4, -0.2) is 29.0 Å². The van der Waals surface area contributed by atoms with Crippen molar-refractivity contribution in [3.8, 4) is 0 Å². The first-order valence-corrected chi connectivity index (χ1v) is 4.83. The van der Waals surface area contributed by atoms with Gasteiger partial charge in [0.05, 0.1) is 12.6 Å². The van der Waals surface area contributed by atoms with Gasteiger partial charge in [0.1, 0.15) is 5.60 Å². The summed E-state index contributed by atoms with van der Waals surface area (Å²) in [6, 6.07) is -0.611. The van der Waals surface area contributed by atoms with E-state index in [1.54, 1.807) is 7.11 Å². The minimum atomic E-state index is -0.611. The number of aliphatic hydroxyl groups excluding tert-OH is 1. The molecule has 0 aliphatic heterocycles. The predicted octanol–water partition coefficient (Wildman–Crippen LogP) is 0.333. The first-order chi connectivity index (χ1) is 7.07. The van der Waals surface area contributed by atoms with E-state index in [4.69, 9.17) is 20.1 Å². The zero-order valence-electron chi connectivity index (χ0n) is 9.23. The molecular weight excluding hydrogens is 198 g/mol. The number of nitrogens with two attached hydrogens (primary N) is 1. The second-order valence-electron chi connectivity index (χ2n) is 3.54. The monoisotopic (exact) mass is 215 g/mol. The summed E-state index contributed by atoms with van der Waals surface area (Å²) in [7, 11) is 1.58. The molecule has 6 heteroatoms. The van der Waals surface area contributed by atoms with Crippen molar-refractivity contribution < 1.29 is 14.4 Å². The molecule has 0 amide bonds. The van der Waals surface area contributed by atoms with Crippen LogP contribution in [0, 0.1) is 0 Å². The average Bonchev–Trinajstić information content (AvgIpc) is 2.76. The van der Waals surface area contributed by atoms with E-state index in [9.17, 15) is 0 Å². The van der Waals surface area contributed by atoms with Crippen LogP contribution < -0.4 is 5.73 Å². The van der Waals surface area contributed by atoms with Gasteiger partial charge in [0, 0.05) is 7.11 Å². The van der Waals surface area contributed by atoms with Gasteiger partial charge in [-0.25, -0.2) is 0 Å². The minimum absolute atomic E-state index is 0.213. The van der Waals surface area contributed by atoms with Gasteiger partial charge in [-0.15, -0.1) is 0 Å². The Kier molecular flexibility index (Phi) is 3.78.